The maximum absolute atomic E-state index is 4.11. The third-order valence-electron chi connectivity index (χ3n) is 2.33. The molecule has 2 aliphatic carbocycles. The van der Waals surface area contributed by atoms with Gasteiger partial charge in [0.25, 0.3) is 0 Å². The van der Waals surface area contributed by atoms with E-state index in [2.05, 4.69) is 28.4 Å². The maximum atomic E-state index is 4.11. The Balaban J connectivity index is 0.000000254. The molecule has 1 N–H and O–H groups in total. The van der Waals surface area contributed by atoms with Gasteiger partial charge < -0.3 is 4.74 Å². The Morgan fingerprint density at radius 3 is 1.05 bits per heavy atom. The topological polar surface area (TPSA) is 25.2 Å². The first-order valence-corrected chi connectivity index (χ1v) is 8.51. The number of rotatable bonds is 0. The SMILES string of the molecule is C1CC[OH+]C1.CC(C)(C)[N]=[Zr].[CH]1[CH][CH][CH][CH]1.[CH]1[CH][CH][CH][CH]1. The number of hydrogen-bond donors (Lipinski definition) is 0. The van der Waals surface area contributed by atoms with E-state index in [-0.39, 0.29) is 5.54 Å². The Labute approximate surface area is 148 Å². The van der Waals surface area contributed by atoms with E-state index in [0.29, 0.717) is 0 Å². The Morgan fingerprint density at radius 2 is 0.952 bits per heavy atom. The normalized spacial score (nSPS) is 20.3. The van der Waals surface area contributed by atoms with Crippen LogP contribution in [0.25, 0.3) is 0 Å². The molecule has 10 radical (unpaired) electrons. The van der Waals surface area contributed by atoms with Crippen molar-refractivity contribution in [2.75, 3.05) is 13.2 Å². The van der Waals surface area contributed by atoms with Gasteiger partial charge >= 0.3 is 53.7 Å². The average molecular weight is 366 g/mol. The molecule has 0 aromatic carbocycles. The van der Waals surface area contributed by atoms with Crippen LogP contribution >= 0.6 is 0 Å². The molecule has 1 aliphatic heterocycles. The van der Waals surface area contributed by atoms with E-state index in [0.717, 1.165) is 13.2 Å². The van der Waals surface area contributed by atoms with Crippen molar-refractivity contribution in [2.45, 2.75) is 39.2 Å². The molecule has 21 heavy (non-hydrogen) atoms. The summed E-state index contributed by atoms with van der Waals surface area (Å²) in [6.45, 7) is 8.55. The summed E-state index contributed by atoms with van der Waals surface area (Å²) in [5.41, 5.74) is 0.207. The zero-order chi connectivity index (χ0) is 15.8. The van der Waals surface area contributed by atoms with Crippen molar-refractivity contribution in [1.82, 2.24) is 0 Å². The number of nitrogens with zero attached hydrogens (tertiary/aromatic N) is 1. The fourth-order valence-electron chi connectivity index (χ4n) is 1.20. The molecular weight excluding hydrogens is 337 g/mol. The summed E-state index contributed by atoms with van der Waals surface area (Å²) < 4.78 is 8.19. The van der Waals surface area contributed by atoms with Gasteiger partial charge in [-0.2, -0.15) is 0 Å². The molecule has 0 amide bonds. The van der Waals surface area contributed by atoms with Crippen LogP contribution in [0.2, 0.25) is 0 Å². The first-order chi connectivity index (χ1) is 10.1. The Bertz CT molecular complexity index is 167. The van der Waals surface area contributed by atoms with Crippen LogP contribution in [0.1, 0.15) is 33.6 Å². The predicted molar refractivity (Wildman–Crippen MR) is 86.4 cm³/mol. The van der Waals surface area contributed by atoms with Crippen LogP contribution in [-0.4, -0.2) is 23.5 Å². The Kier molecular flexibility index (Phi) is 16.0. The molecule has 3 aliphatic rings. The van der Waals surface area contributed by atoms with Gasteiger partial charge in [-0.25, -0.2) is 0 Å². The number of ether oxygens (including phenoxy) is 1. The largest absolute Gasteiger partial charge is 0.0312 e. The van der Waals surface area contributed by atoms with Gasteiger partial charge in [-0.05, 0) is 64.2 Å². The molecule has 1 saturated heterocycles. The number of hydrogen-bond acceptors (Lipinski definition) is 1. The number of aliphatic hydroxyl groups is 2. The van der Waals surface area contributed by atoms with E-state index in [9.17, 15) is 0 Å². The standard InChI is InChI=1S/2C5H5.C4H9N.C4H8O.Zr/c2*1-2-4-5-3-1;1-4(2,3)5;1-2-4-5-3-1;/h2*1-5H;1-3H3;1-4H2;/p+1. The van der Waals surface area contributed by atoms with Crippen LogP contribution in [0.5, 0.6) is 0 Å². The summed E-state index contributed by atoms with van der Waals surface area (Å²) in [6.07, 6.45) is 22.7. The van der Waals surface area contributed by atoms with E-state index in [1.165, 1.54) is 37.4 Å². The molecule has 0 unspecified atom stereocenters. The van der Waals surface area contributed by atoms with E-state index < -0.39 is 0 Å². The van der Waals surface area contributed by atoms with Crippen molar-refractivity contribution in [3.05, 3.63) is 64.2 Å². The molecule has 3 fully saturated rings. The molecular formula is C18H28NOZr+. The van der Waals surface area contributed by atoms with Gasteiger partial charge in [0, 0.05) is 12.8 Å². The zero-order valence-electron chi connectivity index (χ0n) is 13.5. The molecule has 3 heteroatoms. The van der Waals surface area contributed by atoms with E-state index in [1.807, 2.05) is 64.2 Å². The van der Waals surface area contributed by atoms with Crippen molar-refractivity contribution < 1.29 is 29.3 Å². The van der Waals surface area contributed by atoms with E-state index in [1.54, 1.807) is 0 Å². The van der Waals surface area contributed by atoms with Gasteiger partial charge in [0.15, 0.2) is 0 Å². The Morgan fingerprint density at radius 1 is 0.714 bits per heavy atom. The summed E-state index contributed by atoms with van der Waals surface area (Å²) in [7, 11) is 0. The third kappa shape index (κ3) is 20.6. The summed E-state index contributed by atoms with van der Waals surface area (Å²) in [6, 6.07) is 0. The third-order valence-corrected chi connectivity index (χ3v) is 3.98. The molecule has 2 saturated carbocycles. The van der Waals surface area contributed by atoms with Crippen LogP contribution in [-0.2, 0) is 24.6 Å². The average Bonchev–Trinajstić information content (AvgIpc) is 3.26. The summed E-state index contributed by atoms with van der Waals surface area (Å²) in [4.78, 5) is 0. The second kappa shape index (κ2) is 15.5. The summed E-state index contributed by atoms with van der Waals surface area (Å²) in [5, 5.41) is 0. The minimum absolute atomic E-state index is 0.207. The Hall–Kier alpha value is 0.643. The maximum Gasteiger partial charge on any atom is -0.0312 e. The van der Waals surface area contributed by atoms with Crippen molar-refractivity contribution in [3.63, 3.8) is 0 Å². The van der Waals surface area contributed by atoms with Crippen molar-refractivity contribution in [2.24, 2.45) is 2.87 Å². The first-order valence-electron chi connectivity index (χ1n) is 7.41. The smallest absolute Gasteiger partial charge is 0.0312 e. The minimum atomic E-state index is 0.207. The van der Waals surface area contributed by atoms with Crippen LogP contribution in [0.15, 0.2) is 2.87 Å². The van der Waals surface area contributed by atoms with Crippen molar-refractivity contribution in [1.29, 1.82) is 0 Å². The van der Waals surface area contributed by atoms with Gasteiger partial charge in [0.2, 0.25) is 0 Å². The van der Waals surface area contributed by atoms with Crippen molar-refractivity contribution >= 4 is 0 Å². The second-order valence-corrected chi connectivity index (χ2v) is 6.13. The predicted octanol–water partition coefficient (Wildman–Crippen LogP) is 3.87. The van der Waals surface area contributed by atoms with E-state index in [4.69, 9.17) is 0 Å². The van der Waals surface area contributed by atoms with Gasteiger partial charge in [-0.1, -0.05) is 0 Å². The van der Waals surface area contributed by atoms with E-state index >= 15 is 0 Å². The molecule has 3 rings (SSSR count). The van der Waals surface area contributed by atoms with Gasteiger partial charge in [0.1, 0.15) is 13.2 Å². The van der Waals surface area contributed by atoms with Crippen LogP contribution < -0.4 is 0 Å². The van der Waals surface area contributed by atoms with Crippen molar-refractivity contribution in [3.8, 4) is 0 Å². The molecule has 114 valence electrons. The van der Waals surface area contributed by atoms with Crippen LogP contribution in [0.3, 0.4) is 0 Å². The minimum Gasteiger partial charge on any atom is -0.0312 e. The summed E-state index contributed by atoms with van der Waals surface area (Å²) >= 11 is 1.28. The molecule has 0 spiro atoms. The molecule has 0 aromatic heterocycles. The zero-order valence-corrected chi connectivity index (χ0v) is 16.0. The van der Waals surface area contributed by atoms with Gasteiger partial charge in [-0.3, -0.25) is 0 Å². The molecule has 0 bridgehead atoms. The fraction of sp³-hybridized carbons (Fsp3) is 0.444. The molecule has 0 atom stereocenters. The second-order valence-electron chi connectivity index (χ2n) is 5.59. The fourth-order valence-corrected chi connectivity index (χ4v) is 1.20. The molecule has 0 aromatic rings. The van der Waals surface area contributed by atoms with Crippen LogP contribution in [0.4, 0.5) is 0 Å². The molecule has 1 heterocycles. The van der Waals surface area contributed by atoms with Gasteiger partial charge in [-0.15, -0.1) is 0 Å². The summed E-state index contributed by atoms with van der Waals surface area (Å²) in [5.74, 6) is 0. The van der Waals surface area contributed by atoms with Gasteiger partial charge in [0.05, 0.1) is 0 Å². The van der Waals surface area contributed by atoms with Crippen LogP contribution in [0, 0.1) is 64.2 Å². The monoisotopic (exact) mass is 364 g/mol. The quantitative estimate of drug-likeness (QED) is 0.582. The molecule has 2 nitrogen and oxygen atoms in total. The first kappa shape index (κ1) is 21.6.